The molecule has 0 saturated carbocycles. The maximum Gasteiger partial charge on any atom is 0.318 e. The van der Waals surface area contributed by atoms with Gasteiger partial charge in [-0.2, -0.15) is 0 Å². The minimum atomic E-state index is -0.638. The van der Waals surface area contributed by atoms with Gasteiger partial charge in [-0.05, 0) is 44.7 Å². The van der Waals surface area contributed by atoms with Gasteiger partial charge < -0.3 is 4.74 Å². The largest absolute Gasteiger partial charge is 0.393 e. The number of rotatable bonds is 1. The van der Waals surface area contributed by atoms with Crippen molar-refractivity contribution in [3.05, 3.63) is 35.4 Å². The fourth-order valence-corrected chi connectivity index (χ4v) is 2.05. The maximum atomic E-state index is 11.9. The number of esters is 2. The Labute approximate surface area is 107 Å². The van der Waals surface area contributed by atoms with E-state index in [1.807, 2.05) is 24.3 Å². The molecule has 0 spiro atoms. The van der Waals surface area contributed by atoms with Gasteiger partial charge in [0.25, 0.3) is 0 Å². The number of hydrogen-bond donors (Lipinski definition) is 0. The van der Waals surface area contributed by atoms with E-state index in [0.29, 0.717) is 12.8 Å². The van der Waals surface area contributed by atoms with Gasteiger partial charge in [-0.1, -0.05) is 24.3 Å². The number of benzene rings is 1. The van der Waals surface area contributed by atoms with Crippen LogP contribution in [-0.2, 0) is 27.2 Å². The molecule has 0 saturated heterocycles. The monoisotopic (exact) mass is 246 g/mol. The van der Waals surface area contributed by atoms with Crippen molar-refractivity contribution in [3.8, 4) is 0 Å². The first-order chi connectivity index (χ1) is 8.38. The first-order valence-electron chi connectivity index (χ1n) is 6.21. The van der Waals surface area contributed by atoms with Gasteiger partial charge in [0.05, 0.1) is 11.3 Å². The molecule has 1 aromatic carbocycles. The summed E-state index contributed by atoms with van der Waals surface area (Å²) in [5.74, 6) is -1.07. The average Bonchev–Trinajstić information content (AvgIpc) is 2.71. The van der Waals surface area contributed by atoms with Gasteiger partial charge >= 0.3 is 11.9 Å². The smallest absolute Gasteiger partial charge is 0.318 e. The predicted octanol–water partition coefficient (Wildman–Crippen LogP) is 2.52. The van der Waals surface area contributed by atoms with Crippen LogP contribution in [0.4, 0.5) is 0 Å². The third kappa shape index (κ3) is 2.61. The molecule has 96 valence electrons. The lowest BCUT2D eigenvalue weighted by Crippen LogP contribution is -2.29. The van der Waals surface area contributed by atoms with Crippen molar-refractivity contribution < 1.29 is 14.3 Å². The van der Waals surface area contributed by atoms with Crippen molar-refractivity contribution in [2.24, 2.45) is 11.3 Å². The Bertz CT molecular complexity index is 458. The van der Waals surface area contributed by atoms with Crippen molar-refractivity contribution in [3.63, 3.8) is 0 Å². The second-order valence-electron chi connectivity index (χ2n) is 5.83. The molecule has 0 fully saturated rings. The Morgan fingerprint density at radius 3 is 2.06 bits per heavy atom. The van der Waals surface area contributed by atoms with Crippen molar-refractivity contribution in [1.29, 1.82) is 0 Å². The zero-order valence-corrected chi connectivity index (χ0v) is 11.0. The third-order valence-electron chi connectivity index (χ3n) is 3.19. The van der Waals surface area contributed by atoms with Crippen LogP contribution >= 0.6 is 0 Å². The van der Waals surface area contributed by atoms with Crippen LogP contribution < -0.4 is 0 Å². The maximum absolute atomic E-state index is 11.9. The zero-order chi connectivity index (χ0) is 13.3. The lowest BCUT2D eigenvalue weighted by atomic mass is 9.97. The first kappa shape index (κ1) is 12.8. The zero-order valence-electron chi connectivity index (χ0n) is 11.0. The first-order valence-corrected chi connectivity index (χ1v) is 6.21. The Morgan fingerprint density at radius 2 is 1.61 bits per heavy atom. The fourth-order valence-electron chi connectivity index (χ4n) is 2.05. The molecule has 0 N–H and O–H groups in total. The predicted molar refractivity (Wildman–Crippen MR) is 67.9 cm³/mol. The van der Waals surface area contributed by atoms with E-state index in [0.717, 1.165) is 0 Å². The van der Waals surface area contributed by atoms with E-state index in [-0.39, 0.29) is 5.92 Å². The molecule has 1 aliphatic rings. The molecule has 3 heteroatoms. The molecule has 0 aromatic heterocycles. The molecule has 0 aliphatic heterocycles. The highest BCUT2D eigenvalue weighted by molar-refractivity contribution is 5.89. The van der Waals surface area contributed by atoms with Crippen molar-refractivity contribution in [2.45, 2.75) is 33.6 Å². The summed E-state index contributed by atoms with van der Waals surface area (Å²) >= 11 is 0. The Hall–Kier alpha value is -1.64. The molecule has 1 aliphatic carbocycles. The molecule has 0 amide bonds. The van der Waals surface area contributed by atoms with E-state index in [4.69, 9.17) is 4.74 Å². The number of carbonyl (C=O) groups is 2. The van der Waals surface area contributed by atoms with Gasteiger partial charge in [-0.25, -0.2) is 0 Å². The lowest BCUT2D eigenvalue weighted by molar-refractivity contribution is -0.168. The Morgan fingerprint density at radius 1 is 1.11 bits per heavy atom. The summed E-state index contributed by atoms with van der Waals surface area (Å²) < 4.78 is 4.95. The van der Waals surface area contributed by atoms with E-state index in [2.05, 4.69) is 0 Å². The molecule has 0 heterocycles. The highest BCUT2D eigenvalue weighted by Gasteiger charge is 2.32. The van der Waals surface area contributed by atoms with Gasteiger partial charge in [0.1, 0.15) is 0 Å². The quantitative estimate of drug-likeness (QED) is 0.565. The van der Waals surface area contributed by atoms with E-state index in [9.17, 15) is 9.59 Å². The van der Waals surface area contributed by atoms with Crippen molar-refractivity contribution >= 4 is 11.9 Å². The summed E-state index contributed by atoms with van der Waals surface area (Å²) in [4.78, 5) is 23.6. The highest BCUT2D eigenvalue weighted by atomic mass is 16.6. The SMILES string of the molecule is CC(C)(C)C(=O)OC(=O)C1Cc2ccccc2C1. The van der Waals surface area contributed by atoms with Crippen LogP contribution in [-0.4, -0.2) is 11.9 Å². The highest BCUT2D eigenvalue weighted by Crippen LogP contribution is 2.28. The number of fused-ring (bicyclic) bond motifs is 1. The molecule has 1 aromatic rings. The fraction of sp³-hybridized carbons (Fsp3) is 0.467. The van der Waals surface area contributed by atoms with Gasteiger partial charge in [0.15, 0.2) is 0 Å². The van der Waals surface area contributed by atoms with E-state index in [1.165, 1.54) is 11.1 Å². The van der Waals surface area contributed by atoms with Crippen LogP contribution in [0.15, 0.2) is 24.3 Å². The van der Waals surface area contributed by atoms with E-state index in [1.54, 1.807) is 20.8 Å². The Kier molecular flexibility index (Phi) is 3.24. The van der Waals surface area contributed by atoms with Gasteiger partial charge in [0.2, 0.25) is 0 Å². The van der Waals surface area contributed by atoms with Crippen LogP contribution in [0, 0.1) is 11.3 Å². The van der Waals surface area contributed by atoms with Gasteiger partial charge in [-0.15, -0.1) is 0 Å². The molecule has 0 bridgehead atoms. The van der Waals surface area contributed by atoms with Crippen LogP contribution in [0.25, 0.3) is 0 Å². The second-order valence-corrected chi connectivity index (χ2v) is 5.83. The van der Waals surface area contributed by atoms with Crippen LogP contribution in [0.3, 0.4) is 0 Å². The standard InChI is InChI=1S/C15H18O3/c1-15(2,3)14(17)18-13(16)12-8-10-6-4-5-7-11(10)9-12/h4-7,12H,8-9H2,1-3H3. The summed E-state index contributed by atoms with van der Waals surface area (Å²) in [6, 6.07) is 7.97. The van der Waals surface area contributed by atoms with Crippen LogP contribution in [0.2, 0.25) is 0 Å². The van der Waals surface area contributed by atoms with Gasteiger partial charge in [-0.3, -0.25) is 9.59 Å². The molecule has 3 nitrogen and oxygen atoms in total. The molecule has 0 radical (unpaired) electrons. The van der Waals surface area contributed by atoms with E-state index >= 15 is 0 Å². The molecule has 2 rings (SSSR count). The number of carbonyl (C=O) groups excluding carboxylic acids is 2. The van der Waals surface area contributed by atoms with Crippen molar-refractivity contribution in [2.75, 3.05) is 0 Å². The van der Waals surface area contributed by atoms with E-state index < -0.39 is 17.4 Å². The summed E-state index contributed by atoms with van der Waals surface area (Å²) in [5, 5.41) is 0. The molecular formula is C15H18O3. The van der Waals surface area contributed by atoms with Crippen molar-refractivity contribution in [1.82, 2.24) is 0 Å². The Balaban J connectivity index is 2.00. The molecule has 0 unspecified atom stereocenters. The average molecular weight is 246 g/mol. The van der Waals surface area contributed by atoms with Crippen LogP contribution in [0.5, 0.6) is 0 Å². The summed E-state index contributed by atoms with van der Waals surface area (Å²) in [7, 11) is 0. The molecule has 18 heavy (non-hydrogen) atoms. The van der Waals surface area contributed by atoms with Crippen LogP contribution in [0.1, 0.15) is 31.9 Å². The lowest BCUT2D eigenvalue weighted by Gasteiger charge is -2.17. The molecule has 0 atom stereocenters. The summed E-state index contributed by atoms with van der Waals surface area (Å²) in [6.07, 6.45) is 1.35. The minimum absolute atomic E-state index is 0.214. The molecular weight excluding hydrogens is 228 g/mol. The minimum Gasteiger partial charge on any atom is -0.393 e. The topological polar surface area (TPSA) is 43.4 Å². The summed E-state index contributed by atoms with van der Waals surface area (Å²) in [5.41, 5.74) is 1.73. The number of ether oxygens (including phenoxy) is 1. The second kappa shape index (κ2) is 4.56. The van der Waals surface area contributed by atoms with Gasteiger partial charge in [0, 0.05) is 0 Å². The normalized spacial score (nSPS) is 15.3. The third-order valence-corrected chi connectivity index (χ3v) is 3.19. The summed E-state index contributed by atoms with van der Waals surface area (Å²) in [6.45, 7) is 5.23. The number of hydrogen-bond acceptors (Lipinski definition) is 3.